The summed E-state index contributed by atoms with van der Waals surface area (Å²) in [7, 11) is 0. The Labute approximate surface area is 196 Å². The number of thiazole rings is 1. The molecule has 2 N–H and O–H groups in total. The number of rotatable bonds is 4. The fourth-order valence-electron chi connectivity index (χ4n) is 3.50. The van der Waals surface area contributed by atoms with Crippen LogP contribution in [-0.4, -0.2) is 30.5 Å². The van der Waals surface area contributed by atoms with E-state index in [9.17, 15) is 9.59 Å². The van der Waals surface area contributed by atoms with E-state index in [0.717, 1.165) is 16.8 Å². The number of hydrogen-bond donors (Lipinski definition) is 2. The second kappa shape index (κ2) is 8.27. The molecule has 5 rings (SSSR count). The zero-order valence-electron chi connectivity index (χ0n) is 17.6. The van der Waals surface area contributed by atoms with Crippen LogP contribution in [0.25, 0.3) is 27.6 Å². The van der Waals surface area contributed by atoms with Crippen LogP contribution >= 0.6 is 22.9 Å². The first kappa shape index (κ1) is 21.0. The maximum Gasteiger partial charge on any atom is 0.265 e. The van der Waals surface area contributed by atoms with Gasteiger partial charge in [0.25, 0.3) is 17.4 Å². The van der Waals surface area contributed by atoms with Gasteiger partial charge in [-0.25, -0.2) is 9.50 Å². The molecule has 0 aliphatic heterocycles. The number of aromatic amines is 1. The van der Waals surface area contributed by atoms with Gasteiger partial charge in [-0.15, -0.1) is 16.4 Å². The Bertz CT molecular complexity index is 1570. The zero-order chi connectivity index (χ0) is 23.1. The summed E-state index contributed by atoms with van der Waals surface area (Å²) in [5.74, 6) is -0.191. The number of halogens is 1. The van der Waals surface area contributed by atoms with Crippen LogP contribution in [0.3, 0.4) is 0 Å². The van der Waals surface area contributed by atoms with E-state index < -0.39 is 11.5 Å². The molecule has 0 aliphatic carbocycles. The second-order valence-corrected chi connectivity index (χ2v) is 8.78. The summed E-state index contributed by atoms with van der Waals surface area (Å²) < 4.78 is 1.68. The summed E-state index contributed by atoms with van der Waals surface area (Å²) in [6.07, 6.45) is 1.23. The van der Waals surface area contributed by atoms with Crippen LogP contribution in [0, 0.1) is 13.8 Å². The van der Waals surface area contributed by atoms with Crippen LogP contribution < -0.4 is 10.9 Å². The van der Waals surface area contributed by atoms with Crippen LogP contribution in [0.5, 0.6) is 0 Å². The number of carbonyl (C=O) groups is 1. The van der Waals surface area contributed by atoms with Crippen molar-refractivity contribution in [3.8, 4) is 22.6 Å². The predicted octanol–water partition coefficient (Wildman–Crippen LogP) is 4.73. The highest BCUT2D eigenvalue weighted by molar-refractivity contribution is 7.15. The first-order valence-electron chi connectivity index (χ1n) is 9.97. The molecule has 1 amide bonds. The molecular weight excluding hydrogens is 460 g/mol. The van der Waals surface area contributed by atoms with Gasteiger partial charge in [-0.1, -0.05) is 35.4 Å². The van der Waals surface area contributed by atoms with E-state index in [0.29, 0.717) is 21.4 Å². The molecule has 0 bridgehead atoms. The van der Waals surface area contributed by atoms with Crippen LogP contribution in [0.15, 0.2) is 58.8 Å². The highest BCUT2D eigenvalue weighted by Crippen LogP contribution is 2.29. The normalized spacial score (nSPS) is 11.1. The number of aryl methyl sites for hydroxylation is 2. The van der Waals surface area contributed by atoms with Crippen molar-refractivity contribution >= 4 is 39.8 Å². The average Bonchev–Trinajstić information content (AvgIpc) is 3.34. The highest BCUT2D eigenvalue weighted by Gasteiger charge is 2.18. The van der Waals surface area contributed by atoms with E-state index in [1.807, 2.05) is 31.4 Å². The summed E-state index contributed by atoms with van der Waals surface area (Å²) in [4.78, 5) is 37.0. The minimum Gasteiger partial charge on any atom is -0.306 e. The molecule has 3 aromatic heterocycles. The topological polar surface area (TPSA) is 105 Å². The number of benzene rings is 2. The summed E-state index contributed by atoms with van der Waals surface area (Å²) in [6, 6.07) is 13.0. The third-order valence-corrected chi connectivity index (χ3v) is 6.19. The van der Waals surface area contributed by atoms with E-state index >= 15 is 0 Å². The average molecular weight is 477 g/mol. The lowest BCUT2D eigenvalue weighted by Gasteiger charge is -2.05. The smallest absolute Gasteiger partial charge is 0.265 e. The minimum atomic E-state index is -0.641. The van der Waals surface area contributed by atoms with E-state index in [1.54, 1.807) is 28.8 Å². The minimum absolute atomic E-state index is 0.110. The maximum absolute atomic E-state index is 12.7. The number of fused-ring (bicyclic) bond motifs is 1. The van der Waals surface area contributed by atoms with Gasteiger partial charge < -0.3 is 4.98 Å². The summed E-state index contributed by atoms with van der Waals surface area (Å²) >= 11 is 7.31. The summed E-state index contributed by atoms with van der Waals surface area (Å²) in [5.41, 5.74) is 4.19. The number of nitrogens with zero attached hydrogens (tertiary/aromatic N) is 4. The summed E-state index contributed by atoms with van der Waals surface area (Å²) in [6.45, 7) is 4.08. The quantitative estimate of drug-likeness (QED) is 0.390. The van der Waals surface area contributed by atoms with Crippen molar-refractivity contribution < 1.29 is 4.79 Å². The van der Waals surface area contributed by atoms with Crippen LogP contribution in [0.4, 0.5) is 5.95 Å². The molecule has 0 saturated carbocycles. The molecule has 164 valence electrons. The van der Waals surface area contributed by atoms with Crippen LogP contribution in [0.1, 0.15) is 21.5 Å². The van der Waals surface area contributed by atoms with Gasteiger partial charge in [0.15, 0.2) is 0 Å². The third kappa shape index (κ3) is 4.04. The van der Waals surface area contributed by atoms with E-state index in [2.05, 4.69) is 31.4 Å². The first-order valence-corrected chi connectivity index (χ1v) is 11.2. The number of hydrogen-bond acceptors (Lipinski definition) is 6. The monoisotopic (exact) mass is 476 g/mol. The molecule has 0 spiro atoms. The van der Waals surface area contributed by atoms with Crippen LogP contribution in [0.2, 0.25) is 5.02 Å². The Morgan fingerprint density at radius 3 is 2.67 bits per heavy atom. The third-order valence-electron chi connectivity index (χ3n) is 5.13. The molecule has 10 heteroatoms. The molecule has 33 heavy (non-hydrogen) atoms. The Balaban J connectivity index is 1.41. The number of carbonyl (C=O) groups excluding carboxylic acids is 1. The van der Waals surface area contributed by atoms with Gasteiger partial charge in [-0.2, -0.15) is 4.98 Å². The Kier molecular flexibility index (Phi) is 5.27. The number of H-pyrrole nitrogens is 1. The molecule has 0 saturated heterocycles. The fraction of sp³-hybridized carbons (Fsp3) is 0.0870. The standard InChI is InChI=1S/C23H17ClN6O2S/c1-12-3-8-16(13(2)9-12)18-11-33-23-28-22(29-30(18)23)27-21(32)17-10-25-19(26-20(17)31)14-4-6-15(24)7-5-14/h3-11H,1-2H3,(H,25,26,31)(H,27,29,32). The van der Waals surface area contributed by atoms with Gasteiger partial charge in [0, 0.05) is 27.7 Å². The Hall–Kier alpha value is -3.82. The predicted molar refractivity (Wildman–Crippen MR) is 129 cm³/mol. The fourth-order valence-corrected chi connectivity index (χ4v) is 4.45. The lowest BCUT2D eigenvalue weighted by atomic mass is 10.0. The lowest BCUT2D eigenvalue weighted by molar-refractivity contribution is 0.102. The van der Waals surface area contributed by atoms with Crippen molar-refractivity contribution in [3.05, 3.63) is 86.1 Å². The SMILES string of the molecule is Cc1ccc(-c2csc3nc(NC(=O)c4cnc(-c5ccc(Cl)cc5)[nH]c4=O)nn23)c(C)c1. The van der Waals surface area contributed by atoms with Gasteiger partial charge in [-0.3, -0.25) is 14.9 Å². The van der Waals surface area contributed by atoms with E-state index in [-0.39, 0.29) is 11.5 Å². The van der Waals surface area contributed by atoms with Crippen molar-refractivity contribution in [2.24, 2.45) is 0 Å². The molecule has 0 unspecified atom stereocenters. The number of amides is 1. The largest absolute Gasteiger partial charge is 0.306 e. The number of anilines is 1. The molecule has 0 aliphatic rings. The van der Waals surface area contributed by atoms with Crippen molar-refractivity contribution in [3.63, 3.8) is 0 Å². The van der Waals surface area contributed by atoms with Gasteiger partial charge in [0.1, 0.15) is 11.4 Å². The molecule has 5 aromatic rings. The second-order valence-electron chi connectivity index (χ2n) is 7.50. The van der Waals surface area contributed by atoms with Crippen molar-refractivity contribution in [2.75, 3.05) is 5.32 Å². The van der Waals surface area contributed by atoms with E-state index in [1.165, 1.54) is 23.1 Å². The van der Waals surface area contributed by atoms with Gasteiger partial charge in [0.2, 0.25) is 4.96 Å². The van der Waals surface area contributed by atoms with Crippen LogP contribution in [-0.2, 0) is 0 Å². The Morgan fingerprint density at radius 1 is 1.15 bits per heavy atom. The molecule has 8 nitrogen and oxygen atoms in total. The van der Waals surface area contributed by atoms with Crippen molar-refractivity contribution in [2.45, 2.75) is 13.8 Å². The lowest BCUT2D eigenvalue weighted by Crippen LogP contribution is -2.24. The maximum atomic E-state index is 12.7. The zero-order valence-corrected chi connectivity index (χ0v) is 19.2. The number of aromatic nitrogens is 5. The van der Waals surface area contributed by atoms with E-state index in [4.69, 9.17) is 11.6 Å². The molecule has 0 atom stereocenters. The van der Waals surface area contributed by atoms with Crippen molar-refractivity contribution in [1.29, 1.82) is 0 Å². The molecule has 3 heterocycles. The molecule has 0 fully saturated rings. The first-order chi connectivity index (χ1) is 15.9. The van der Waals surface area contributed by atoms with Crippen molar-refractivity contribution in [1.82, 2.24) is 24.6 Å². The highest BCUT2D eigenvalue weighted by atomic mass is 35.5. The van der Waals surface area contributed by atoms with Gasteiger partial charge >= 0.3 is 0 Å². The molecule has 0 radical (unpaired) electrons. The number of nitrogens with one attached hydrogen (secondary N) is 2. The summed E-state index contributed by atoms with van der Waals surface area (Å²) in [5, 5.41) is 9.56. The Morgan fingerprint density at radius 2 is 1.94 bits per heavy atom. The van der Waals surface area contributed by atoms with Gasteiger partial charge in [-0.05, 0) is 43.7 Å². The molecule has 2 aromatic carbocycles. The molecular formula is C23H17ClN6O2S. The van der Waals surface area contributed by atoms with Gasteiger partial charge in [0.05, 0.1) is 5.69 Å².